The zero-order valence-electron chi connectivity index (χ0n) is 12.5. The molecule has 0 radical (unpaired) electrons. The summed E-state index contributed by atoms with van der Waals surface area (Å²) in [5, 5.41) is 15.9. The first kappa shape index (κ1) is 15.0. The SMILES string of the molecule is CC(C)(C)c1nc(C(=O)N2CCCC2CCCO)n[nH]1. The number of H-pyrrole nitrogens is 1. The van der Waals surface area contributed by atoms with E-state index in [0.29, 0.717) is 0 Å². The number of aliphatic hydroxyl groups excluding tert-OH is 1. The smallest absolute Gasteiger partial charge is 0.293 e. The average Bonchev–Trinajstić information content (AvgIpc) is 3.03. The largest absolute Gasteiger partial charge is 0.396 e. The highest BCUT2D eigenvalue weighted by Gasteiger charge is 2.31. The Balaban J connectivity index is 2.08. The number of amides is 1. The lowest BCUT2D eigenvalue weighted by Crippen LogP contribution is -2.36. The Bertz CT molecular complexity index is 464. The molecule has 0 spiro atoms. The summed E-state index contributed by atoms with van der Waals surface area (Å²) in [7, 11) is 0. The summed E-state index contributed by atoms with van der Waals surface area (Å²) in [4.78, 5) is 18.7. The van der Waals surface area contributed by atoms with E-state index in [1.54, 1.807) is 0 Å². The van der Waals surface area contributed by atoms with Crippen molar-refractivity contribution >= 4 is 5.91 Å². The standard InChI is InChI=1S/C14H24N4O2/c1-14(2,3)13-15-11(16-17-13)12(20)18-8-4-6-10(18)7-5-9-19/h10,19H,4-9H2,1-3H3,(H,15,16,17). The monoisotopic (exact) mass is 280 g/mol. The molecule has 0 saturated carbocycles. The second-order valence-corrected chi connectivity index (χ2v) is 6.42. The molecule has 1 fully saturated rings. The third-order valence-electron chi connectivity index (χ3n) is 3.72. The van der Waals surface area contributed by atoms with Crippen molar-refractivity contribution in [3.05, 3.63) is 11.6 Å². The molecule has 1 unspecified atom stereocenters. The van der Waals surface area contributed by atoms with Gasteiger partial charge in [-0.3, -0.25) is 9.89 Å². The molecule has 6 heteroatoms. The summed E-state index contributed by atoms with van der Waals surface area (Å²) >= 11 is 0. The molecule has 1 aliphatic rings. The number of aromatic amines is 1. The predicted molar refractivity (Wildman–Crippen MR) is 75.5 cm³/mol. The minimum absolute atomic E-state index is 0.0998. The van der Waals surface area contributed by atoms with Gasteiger partial charge in [-0.2, -0.15) is 0 Å². The summed E-state index contributed by atoms with van der Waals surface area (Å²) in [6.07, 6.45) is 3.59. The molecule has 2 N–H and O–H groups in total. The summed E-state index contributed by atoms with van der Waals surface area (Å²) in [5.41, 5.74) is -0.146. The molecule has 2 rings (SSSR count). The van der Waals surface area contributed by atoms with Crippen LogP contribution in [0.15, 0.2) is 0 Å². The fraction of sp³-hybridized carbons (Fsp3) is 0.786. The topological polar surface area (TPSA) is 82.1 Å². The van der Waals surface area contributed by atoms with E-state index in [9.17, 15) is 4.79 Å². The number of nitrogens with zero attached hydrogens (tertiary/aromatic N) is 3. The van der Waals surface area contributed by atoms with Crippen LogP contribution in [0.3, 0.4) is 0 Å². The van der Waals surface area contributed by atoms with Crippen molar-refractivity contribution in [2.45, 2.75) is 57.9 Å². The van der Waals surface area contributed by atoms with Crippen LogP contribution in [0.5, 0.6) is 0 Å². The van der Waals surface area contributed by atoms with Gasteiger partial charge in [0.25, 0.3) is 5.91 Å². The second kappa shape index (κ2) is 5.91. The maximum atomic E-state index is 12.5. The lowest BCUT2D eigenvalue weighted by Gasteiger charge is -2.23. The number of aliphatic hydroxyl groups is 1. The van der Waals surface area contributed by atoms with E-state index in [4.69, 9.17) is 5.11 Å². The van der Waals surface area contributed by atoms with Crippen molar-refractivity contribution in [1.29, 1.82) is 0 Å². The molecule has 2 heterocycles. The van der Waals surface area contributed by atoms with Gasteiger partial charge in [-0.25, -0.2) is 4.98 Å². The molecule has 6 nitrogen and oxygen atoms in total. The van der Waals surface area contributed by atoms with Gasteiger partial charge in [0.15, 0.2) is 0 Å². The number of nitrogens with one attached hydrogen (secondary N) is 1. The molecule has 20 heavy (non-hydrogen) atoms. The Morgan fingerprint density at radius 2 is 2.25 bits per heavy atom. The quantitative estimate of drug-likeness (QED) is 0.875. The molecule has 1 saturated heterocycles. The van der Waals surface area contributed by atoms with Crippen LogP contribution < -0.4 is 0 Å². The number of rotatable bonds is 4. The van der Waals surface area contributed by atoms with E-state index in [1.807, 2.05) is 25.7 Å². The average molecular weight is 280 g/mol. The molecule has 0 aromatic carbocycles. The van der Waals surface area contributed by atoms with Crippen LogP contribution in [0.1, 0.15) is 62.9 Å². The van der Waals surface area contributed by atoms with Gasteiger partial charge >= 0.3 is 0 Å². The van der Waals surface area contributed by atoms with E-state index in [1.165, 1.54) is 0 Å². The lowest BCUT2D eigenvalue weighted by molar-refractivity contribution is 0.0712. The van der Waals surface area contributed by atoms with Gasteiger partial charge in [0.05, 0.1) is 0 Å². The van der Waals surface area contributed by atoms with Crippen LogP contribution in [0, 0.1) is 0 Å². The molecule has 1 amide bonds. The second-order valence-electron chi connectivity index (χ2n) is 6.42. The van der Waals surface area contributed by atoms with Crippen LogP contribution in [-0.4, -0.2) is 50.3 Å². The normalized spacial score (nSPS) is 19.6. The van der Waals surface area contributed by atoms with Gasteiger partial charge in [-0.1, -0.05) is 20.8 Å². The van der Waals surface area contributed by atoms with Crippen molar-refractivity contribution < 1.29 is 9.90 Å². The van der Waals surface area contributed by atoms with Crippen molar-refractivity contribution in [3.63, 3.8) is 0 Å². The van der Waals surface area contributed by atoms with Gasteiger partial charge in [-0.05, 0) is 25.7 Å². The van der Waals surface area contributed by atoms with Crippen LogP contribution in [-0.2, 0) is 5.41 Å². The third kappa shape index (κ3) is 3.17. The van der Waals surface area contributed by atoms with Crippen LogP contribution in [0.4, 0.5) is 0 Å². The summed E-state index contributed by atoms with van der Waals surface area (Å²) in [6, 6.07) is 0.214. The Labute approximate surface area is 119 Å². The molecule has 1 aliphatic heterocycles. The zero-order chi connectivity index (χ0) is 14.8. The van der Waals surface area contributed by atoms with Gasteiger partial charge in [0.1, 0.15) is 5.82 Å². The minimum Gasteiger partial charge on any atom is -0.396 e. The lowest BCUT2D eigenvalue weighted by atomic mass is 9.96. The van der Waals surface area contributed by atoms with E-state index in [2.05, 4.69) is 15.2 Å². The number of aromatic nitrogens is 3. The third-order valence-corrected chi connectivity index (χ3v) is 3.72. The highest BCUT2D eigenvalue weighted by Crippen LogP contribution is 2.23. The van der Waals surface area contributed by atoms with E-state index < -0.39 is 0 Å². The van der Waals surface area contributed by atoms with Crippen molar-refractivity contribution in [2.24, 2.45) is 0 Å². The molecule has 0 bridgehead atoms. The minimum atomic E-state index is -0.146. The molecular formula is C14H24N4O2. The van der Waals surface area contributed by atoms with Crippen molar-refractivity contribution in [2.75, 3.05) is 13.2 Å². The number of likely N-dealkylation sites (tertiary alicyclic amines) is 1. The fourth-order valence-electron chi connectivity index (χ4n) is 2.55. The number of hydrogen-bond donors (Lipinski definition) is 2. The predicted octanol–water partition coefficient (Wildman–Crippen LogP) is 1.48. The van der Waals surface area contributed by atoms with Gasteiger partial charge in [-0.15, -0.1) is 5.10 Å². The molecule has 112 valence electrons. The summed E-state index contributed by atoms with van der Waals surface area (Å²) in [5.74, 6) is 0.884. The first-order chi connectivity index (χ1) is 9.43. The first-order valence-corrected chi connectivity index (χ1v) is 7.28. The van der Waals surface area contributed by atoms with Gasteiger partial charge < -0.3 is 10.0 Å². The summed E-state index contributed by atoms with van der Waals surface area (Å²) in [6.45, 7) is 7.02. The maximum Gasteiger partial charge on any atom is 0.293 e. The zero-order valence-corrected chi connectivity index (χ0v) is 12.5. The molecular weight excluding hydrogens is 256 g/mol. The van der Waals surface area contributed by atoms with Gasteiger partial charge in [0, 0.05) is 24.6 Å². The Morgan fingerprint density at radius 3 is 2.85 bits per heavy atom. The molecule has 1 atom stereocenters. The van der Waals surface area contributed by atoms with Crippen LogP contribution >= 0.6 is 0 Å². The molecule has 1 aromatic heterocycles. The highest BCUT2D eigenvalue weighted by atomic mass is 16.3. The first-order valence-electron chi connectivity index (χ1n) is 7.28. The summed E-state index contributed by atoms with van der Waals surface area (Å²) < 4.78 is 0. The molecule has 1 aromatic rings. The van der Waals surface area contributed by atoms with Crippen molar-refractivity contribution in [1.82, 2.24) is 20.1 Å². The van der Waals surface area contributed by atoms with E-state index in [0.717, 1.165) is 38.1 Å². The maximum absolute atomic E-state index is 12.5. The number of carbonyl (C=O) groups is 1. The van der Waals surface area contributed by atoms with E-state index in [-0.39, 0.29) is 29.8 Å². The highest BCUT2D eigenvalue weighted by molar-refractivity contribution is 5.90. The van der Waals surface area contributed by atoms with Crippen LogP contribution in [0.2, 0.25) is 0 Å². The Morgan fingerprint density at radius 1 is 1.50 bits per heavy atom. The number of carbonyl (C=O) groups excluding carboxylic acids is 1. The Kier molecular flexibility index (Phi) is 4.42. The van der Waals surface area contributed by atoms with Gasteiger partial charge in [0.2, 0.25) is 5.82 Å². The Hall–Kier alpha value is -1.43. The van der Waals surface area contributed by atoms with Crippen molar-refractivity contribution in [3.8, 4) is 0 Å². The number of hydrogen-bond acceptors (Lipinski definition) is 4. The van der Waals surface area contributed by atoms with Crippen LogP contribution in [0.25, 0.3) is 0 Å². The molecule has 0 aliphatic carbocycles. The fourth-order valence-corrected chi connectivity index (χ4v) is 2.55. The van der Waals surface area contributed by atoms with E-state index >= 15 is 0 Å².